The Balaban J connectivity index is 1.97. The molecular formula is C18H18N2O5S. The van der Waals surface area contributed by atoms with E-state index in [2.05, 4.69) is 0 Å². The summed E-state index contributed by atoms with van der Waals surface area (Å²) in [6.07, 6.45) is 0.552. The second-order valence-corrected chi connectivity index (χ2v) is 7.68. The number of benzene rings is 2. The van der Waals surface area contributed by atoms with Crippen molar-refractivity contribution in [2.45, 2.75) is 31.2 Å². The van der Waals surface area contributed by atoms with Crippen LogP contribution in [0.2, 0.25) is 0 Å². The highest BCUT2D eigenvalue weighted by atomic mass is 32.2. The van der Waals surface area contributed by atoms with Crippen molar-refractivity contribution in [1.29, 1.82) is 0 Å². The van der Waals surface area contributed by atoms with E-state index in [0.717, 1.165) is 5.56 Å². The molecule has 0 saturated heterocycles. The van der Waals surface area contributed by atoms with Crippen LogP contribution in [-0.2, 0) is 21.3 Å². The fourth-order valence-electron chi connectivity index (χ4n) is 3.15. The van der Waals surface area contributed by atoms with Crippen LogP contribution in [0.4, 0.5) is 5.69 Å². The first kappa shape index (κ1) is 17.9. The lowest BCUT2D eigenvalue weighted by Gasteiger charge is -2.20. The van der Waals surface area contributed by atoms with Gasteiger partial charge in [-0.1, -0.05) is 12.1 Å². The number of fused-ring (bicyclic) bond motifs is 1. The molecule has 136 valence electrons. The molecule has 2 aromatic carbocycles. The van der Waals surface area contributed by atoms with Crippen molar-refractivity contribution in [3.63, 3.8) is 0 Å². The maximum absolute atomic E-state index is 12.6. The highest BCUT2D eigenvalue weighted by molar-refractivity contribution is 7.87. The highest BCUT2D eigenvalue weighted by Gasteiger charge is 2.31. The molecule has 2 amide bonds. The van der Waals surface area contributed by atoms with Crippen molar-refractivity contribution < 1.29 is 22.2 Å². The average Bonchev–Trinajstić information content (AvgIpc) is 2.89. The van der Waals surface area contributed by atoms with E-state index in [1.807, 2.05) is 6.92 Å². The van der Waals surface area contributed by atoms with Crippen LogP contribution in [-0.4, -0.2) is 26.3 Å². The van der Waals surface area contributed by atoms with Crippen LogP contribution in [0.25, 0.3) is 0 Å². The molecule has 2 N–H and O–H groups in total. The quantitative estimate of drug-likeness (QED) is 0.822. The minimum absolute atomic E-state index is 0.0198. The maximum Gasteiger partial charge on any atom is 0.339 e. The Morgan fingerprint density at radius 1 is 1.19 bits per heavy atom. The predicted molar refractivity (Wildman–Crippen MR) is 95.5 cm³/mol. The zero-order chi connectivity index (χ0) is 19.1. The summed E-state index contributed by atoms with van der Waals surface area (Å²) >= 11 is 0. The monoisotopic (exact) mass is 374 g/mol. The SMILES string of the molecule is CC(=O)N1c2ccc(S(=O)(=O)Oc3ccccc3C(N)=O)cc2C[C@H]1C. The number of hydrogen-bond acceptors (Lipinski definition) is 5. The van der Waals surface area contributed by atoms with E-state index in [4.69, 9.17) is 9.92 Å². The molecule has 8 heteroatoms. The van der Waals surface area contributed by atoms with E-state index in [-0.39, 0.29) is 28.2 Å². The summed E-state index contributed by atoms with van der Waals surface area (Å²) in [4.78, 5) is 24.8. The van der Waals surface area contributed by atoms with E-state index in [0.29, 0.717) is 12.1 Å². The molecule has 0 aromatic heterocycles. The Morgan fingerprint density at radius 2 is 1.88 bits per heavy atom. The second kappa shape index (κ2) is 6.45. The molecule has 0 aliphatic carbocycles. The molecule has 1 aliphatic rings. The number of nitrogens with zero attached hydrogens (tertiary/aromatic N) is 1. The molecule has 0 saturated carbocycles. The zero-order valence-corrected chi connectivity index (χ0v) is 15.1. The Bertz CT molecular complexity index is 1000. The Morgan fingerprint density at radius 3 is 2.54 bits per heavy atom. The first-order chi connectivity index (χ1) is 12.2. The molecular weight excluding hydrogens is 356 g/mol. The van der Waals surface area contributed by atoms with Crippen LogP contribution in [0.1, 0.15) is 29.8 Å². The average molecular weight is 374 g/mol. The number of rotatable bonds is 4. The summed E-state index contributed by atoms with van der Waals surface area (Å²) < 4.78 is 30.4. The Hall–Kier alpha value is -2.87. The predicted octanol–water partition coefficient (Wildman–Crippen LogP) is 1.85. The van der Waals surface area contributed by atoms with Crippen LogP contribution in [0.5, 0.6) is 5.75 Å². The third-order valence-corrected chi connectivity index (χ3v) is 5.48. The highest BCUT2D eigenvalue weighted by Crippen LogP contribution is 2.34. The van der Waals surface area contributed by atoms with Crippen molar-refractivity contribution in [3.8, 4) is 5.75 Å². The Labute approximate surface area is 151 Å². The van der Waals surface area contributed by atoms with Gasteiger partial charge in [-0.15, -0.1) is 0 Å². The number of carbonyl (C=O) groups excluding carboxylic acids is 2. The topological polar surface area (TPSA) is 107 Å². The zero-order valence-electron chi connectivity index (χ0n) is 14.3. The number of nitrogens with two attached hydrogens (primary N) is 1. The number of anilines is 1. The van der Waals surface area contributed by atoms with E-state index in [1.165, 1.54) is 31.2 Å². The van der Waals surface area contributed by atoms with Gasteiger partial charge in [0.15, 0.2) is 5.75 Å². The smallest absolute Gasteiger partial charge is 0.339 e. The lowest BCUT2D eigenvalue weighted by molar-refractivity contribution is -0.116. The number of carbonyl (C=O) groups is 2. The van der Waals surface area contributed by atoms with Gasteiger partial charge in [0.1, 0.15) is 4.90 Å². The molecule has 1 aliphatic heterocycles. The standard InChI is InChI=1S/C18H18N2O5S/c1-11-9-13-10-14(7-8-16(13)20(11)12(2)21)26(23,24)25-17-6-4-3-5-15(17)18(19)22/h3-8,10-11H,9H2,1-2H3,(H2,19,22)/t11-/m1/s1. The lowest BCUT2D eigenvalue weighted by Crippen LogP contribution is -2.33. The fraction of sp³-hybridized carbons (Fsp3) is 0.222. The maximum atomic E-state index is 12.6. The molecule has 0 fully saturated rings. The molecule has 0 spiro atoms. The van der Waals surface area contributed by atoms with Crippen molar-refractivity contribution in [2.75, 3.05) is 4.90 Å². The van der Waals surface area contributed by atoms with E-state index < -0.39 is 16.0 Å². The van der Waals surface area contributed by atoms with Crippen LogP contribution in [0.15, 0.2) is 47.4 Å². The van der Waals surface area contributed by atoms with E-state index in [9.17, 15) is 18.0 Å². The summed E-state index contributed by atoms with van der Waals surface area (Å²) in [6, 6.07) is 10.3. The van der Waals surface area contributed by atoms with Gasteiger partial charge in [-0.2, -0.15) is 8.42 Å². The van der Waals surface area contributed by atoms with Crippen LogP contribution < -0.4 is 14.8 Å². The normalized spacial score (nSPS) is 16.2. The molecule has 26 heavy (non-hydrogen) atoms. The molecule has 3 rings (SSSR count). The number of primary amides is 1. The second-order valence-electron chi connectivity index (χ2n) is 6.13. The summed E-state index contributed by atoms with van der Waals surface area (Å²) in [5, 5.41) is 0. The van der Waals surface area contributed by atoms with Gasteiger partial charge in [0, 0.05) is 18.7 Å². The van der Waals surface area contributed by atoms with Gasteiger partial charge >= 0.3 is 10.1 Å². The summed E-state index contributed by atoms with van der Waals surface area (Å²) in [5.41, 5.74) is 6.68. The first-order valence-electron chi connectivity index (χ1n) is 7.97. The third kappa shape index (κ3) is 3.15. The third-order valence-electron chi connectivity index (χ3n) is 4.25. The van der Waals surface area contributed by atoms with Gasteiger partial charge < -0.3 is 14.8 Å². The fourth-order valence-corrected chi connectivity index (χ4v) is 4.15. The first-order valence-corrected chi connectivity index (χ1v) is 9.37. The van der Waals surface area contributed by atoms with Gasteiger partial charge in [-0.3, -0.25) is 9.59 Å². The minimum atomic E-state index is -4.16. The van der Waals surface area contributed by atoms with Crippen molar-refractivity contribution in [3.05, 3.63) is 53.6 Å². The number of para-hydroxylation sites is 1. The van der Waals surface area contributed by atoms with E-state index in [1.54, 1.807) is 23.1 Å². The number of amides is 2. The lowest BCUT2D eigenvalue weighted by atomic mass is 10.1. The van der Waals surface area contributed by atoms with Crippen LogP contribution >= 0.6 is 0 Å². The minimum Gasteiger partial charge on any atom is -0.378 e. The number of hydrogen-bond donors (Lipinski definition) is 1. The van der Waals surface area contributed by atoms with Crippen molar-refractivity contribution in [2.24, 2.45) is 5.73 Å². The summed E-state index contributed by atoms with van der Waals surface area (Å²) in [5.74, 6) is -1.01. The Kier molecular flexibility index (Phi) is 4.45. The molecule has 7 nitrogen and oxygen atoms in total. The van der Waals surface area contributed by atoms with E-state index >= 15 is 0 Å². The van der Waals surface area contributed by atoms with Crippen LogP contribution in [0.3, 0.4) is 0 Å². The largest absolute Gasteiger partial charge is 0.378 e. The molecule has 0 unspecified atom stereocenters. The van der Waals surface area contributed by atoms with Crippen LogP contribution in [0, 0.1) is 0 Å². The van der Waals surface area contributed by atoms with Gasteiger partial charge in [0.05, 0.1) is 5.56 Å². The summed E-state index contributed by atoms with van der Waals surface area (Å²) in [6.45, 7) is 3.37. The molecule has 1 heterocycles. The van der Waals surface area contributed by atoms with Crippen molar-refractivity contribution in [1.82, 2.24) is 0 Å². The molecule has 0 bridgehead atoms. The van der Waals surface area contributed by atoms with Gasteiger partial charge in [0.2, 0.25) is 5.91 Å². The molecule has 2 aromatic rings. The van der Waals surface area contributed by atoms with Gasteiger partial charge in [-0.05, 0) is 49.2 Å². The van der Waals surface area contributed by atoms with Crippen molar-refractivity contribution >= 4 is 27.6 Å². The van der Waals surface area contributed by atoms with Gasteiger partial charge in [0.25, 0.3) is 5.91 Å². The molecule has 1 atom stereocenters. The molecule has 0 radical (unpaired) electrons. The van der Waals surface area contributed by atoms with Gasteiger partial charge in [-0.25, -0.2) is 0 Å². The summed E-state index contributed by atoms with van der Waals surface area (Å²) in [7, 11) is -4.16.